The van der Waals surface area contributed by atoms with Gasteiger partial charge in [0.05, 0.1) is 5.60 Å². The second-order valence-corrected chi connectivity index (χ2v) is 10.1. The first-order valence-corrected chi connectivity index (χ1v) is 9.07. The monoisotopic (exact) mass is 219 g/mol. The molecule has 0 N–H and O–H groups in total. The van der Waals surface area contributed by atoms with Gasteiger partial charge in [0.2, 0.25) is 0 Å². The van der Waals surface area contributed by atoms with Gasteiger partial charge in [0.15, 0.2) is 8.32 Å². The molecule has 3 heteroatoms. The fourth-order valence-corrected chi connectivity index (χ4v) is 4.27. The Morgan fingerprint density at radius 1 is 1.47 bits per heavy atom. The Labute approximate surface area is 91.8 Å². The molecule has 2 nitrogen and oxygen atoms in total. The highest BCUT2D eigenvalue weighted by Crippen LogP contribution is 2.62. The first kappa shape index (κ1) is 9.55. The number of nitrogens with zero attached hydrogens (tertiary/aromatic N) is 1. The van der Waals surface area contributed by atoms with Gasteiger partial charge in [-0.15, -0.1) is 0 Å². The van der Waals surface area contributed by atoms with E-state index in [1.54, 1.807) is 0 Å². The Morgan fingerprint density at radius 2 is 2.27 bits per heavy atom. The van der Waals surface area contributed by atoms with Crippen LogP contribution in [0.5, 0.6) is 0 Å². The predicted molar refractivity (Wildman–Crippen MR) is 62.2 cm³/mol. The van der Waals surface area contributed by atoms with Crippen molar-refractivity contribution in [1.29, 1.82) is 0 Å². The molecule has 2 atom stereocenters. The van der Waals surface area contributed by atoms with Crippen LogP contribution in [0, 0.1) is 5.92 Å². The van der Waals surface area contributed by atoms with Crippen molar-refractivity contribution < 1.29 is 4.43 Å². The van der Waals surface area contributed by atoms with Crippen LogP contribution < -0.4 is 0 Å². The minimum absolute atomic E-state index is 0.0774. The molecule has 1 aromatic heterocycles. The van der Waals surface area contributed by atoms with Crippen molar-refractivity contribution in [3.05, 3.63) is 29.6 Å². The molecule has 80 valence electrons. The largest absolute Gasteiger partial charge is 0.408 e. The molecule has 1 saturated carbocycles. The molecule has 1 fully saturated rings. The molecule has 2 aliphatic rings. The predicted octanol–water partition coefficient (Wildman–Crippen LogP) is 2.70. The van der Waals surface area contributed by atoms with Crippen molar-refractivity contribution in [2.24, 2.45) is 5.92 Å². The summed E-state index contributed by atoms with van der Waals surface area (Å²) in [6.07, 6.45) is 4.24. The van der Waals surface area contributed by atoms with Crippen LogP contribution in [-0.4, -0.2) is 13.3 Å². The van der Waals surface area contributed by atoms with Gasteiger partial charge < -0.3 is 4.43 Å². The van der Waals surface area contributed by atoms with Crippen molar-refractivity contribution in [2.75, 3.05) is 0 Å². The summed E-state index contributed by atoms with van der Waals surface area (Å²) in [6.45, 7) is 6.81. The van der Waals surface area contributed by atoms with E-state index >= 15 is 0 Å². The smallest absolute Gasteiger partial charge is 0.184 e. The molecule has 0 amide bonds. The van der Waals surface area contributed by atoms with Crippen LogP contribution in [0.1, 0.15) is 17.7 Å². The molecule has 1 aromatic rings. The van der Waals surface area contributed by atoms with Gasteiger partial charge in [0.1, 0.15) is 0 Å². The van der Waals surface area contributed by atoms with Gasteiger partial charge in [-0.25, -0.2) is 0 Å². The molecule has 0 aliphatic heterocycles. The summed E-state index contributed by atoms with van der Waals surface area (Å²) in [5.74, 6) is 0.717. The number of hydrogen-bond donors (Lipinski definition) is 0. The number of fused-ring (bicyclic) bond motifs is 3. The minimum atomic E-state index is -1.45. The van der Waals surface area contributed by atoms with Crippen molar-refractivity contribution in [1.82, 2.24) is 4.98 Å². The van der Waals surface area contributed by atoms with Gasteiger partial charge >= 0.3 is 0 Å². The average molecular weight is 219 g/mol. The first-order chi connectivity index (χ1) is 7.01. The summed E-state index contributed by atoms with van der Waals surface area (Å²) in [7, 11) is -1.45. The van der Waals surface area contributed by atoms with Crippen LogP contribution in [0.25, 0.3) is 0 Å². The topological polar surface area (TPSA) is 22.1 Å². The zero-order chi connectivity index (χ0) is 10.7. The van der Waals surface area contributed by atoms with Gasteiger partial charge in [-0.3, -0.25) is 4.98 Å². The second kappa shape index (κ2) is 2.71. The Hall–Kier alpha value is -0.673. The van der Waals surface area contributed by atoms with Crippen molar-refractivity contribution in [2.45, 2.75) is 38.1 Å². The molecule has 2 unspecified atom stereocenters. The highest BCUT2D eigenvalue weighted by molar-refractivity contribution is 6.69. The molecule has 3 rings (SSSR count). The van der Waals surface area contributed by atoms with Gasteiger partial charge in [-0.1, -0.05) is 6.07 Å². The summed E-state index contributed by atoms with van der Waals surface area (Å²) in [4.78, 5) is 4.45. The van der Waals surface area contributed by atoms with Crippen LogP contribution >= 0.6 is 0 Å². The maximum Gasteiger partial charge on any atom is 0.184 e. The lowest BCUT2D eigenvalue weighted by atomic mass is 10.1. The maximum atomic E-state index is 6.39. The molecular weight excluding hydrogens is 202 g/mol. The van der Waals surface area contributed by atoms with Crippen LogP contribution in [0.3, 0.4) is 0 Å². The SMILES string of the molecule is C[Si](C)(C)OC12CC1Cc1ncccc12. The molecule has 0 spiro atoms. The highest BCUT2D eigenvalue weighted by atomic mass is 28.4. The third-order valence-corrected chi connectivity index (χ3v) is 4.30. The number of aromatic nitrogens is 1. The van der Waals surface area contributed by atoms with E-state index in [4.69, 9.17) is 4.43 Å². The van der Waals surface area contributed by atoms with E-state index in [1.165, 1.54) is 17.7 Å². The Balaban J connectivity index is 1.98. The molecular formula is C12H17NOSi. The number of pyridine rings is 1. The Morgan fingerprint density at radius 3 is 3.00 bits per heavy atom. The average Bonchev–Trinajstić information content (AvgIpc) is 2.70. The van der Waals surface area contributed by atoms with Gasteiger partial charge in [0.25, 0.3) is 0 Å². The molecule has 0 bridgehead atoms. The van der Waals surface area contributed by atoms with E-state index < -0.39 is 8.32 Å². The van der Waals surface area contributed by atoms with Crippen LogP contribution in [0.4, 0.5) is 0 Å². The van der Waals surface area contributed by atoms with E-state index in [-0.39, 0.29) is 5.60 Å². The standard InChI is InChI=1S/C12H17NOSi/c1-15(2,3)14-12-8-9(12)7-11-10(12)5-4-6-13-11/h4-6,9H,7-8H2,1-3H3. The highest BCUT2D eigenvalue weighted by Gasteiger charge is 2.63. The summed E-state index contributed by atoms with van der Waals surface area (Å²) in [5.41, 5.74) is 2.72. The fraction of sp³-hybridized carbons (Fsp3) is 0.583. The lowest BCUT2D eigenvalue weighted by Gasteiger charge is -2.26. The van der Waals surface area contributed by atoms with Crippen molar-refractivity contribution >= 4 is 8.32 Å². The van der Waals surface area contributed by atoms with E-state index in [0.717, 1.165) is 6.42 Å². The molecule has 0 aromatic carbocycles. The molecule has 15 heavy (non-hydrogen) atoms. The summed E-state index contributed by atoms with van der Waals surface area (Å²) in [5, 5.41) is 0. The quantitative estimate of drug-likeness (QED) is 0.714. The van der Waals surface area contributed by atoms with E-state index in [1.807, 2.05) is 12.3 Å². The Bertz CT molecular complexity index is 412. The van der Waals surface area contributed by atoms with Crippen LogP contribution in [0.2, 0.25) is 19.6 Å². The first-order valence-electron chi connectivity index (χ1n) is 5.66. The third-order valence-electron chi connectivity index (χ3n) is 3.32. The molecule has 0 radical (unpaired) electrons. The molecule has 0 saturated heterocycles. The number of hydrogen-bond acceptors (Lipinski definition) is 2. The lowest BCUT2D eigenvalue weighted by molar-refractivity contribution is 0.161. The minimum Gasteiger partial charge on any atom is -0.408 e. The maximum absolute atomic E-state index is 6.39. The van der Waals surface area contributed by atoms with Crippen LogP contribution in [-0.2, 0) is 16.4 Å². The molecule has 2 aliphatic carbocycles. The van der Waals surface area contributed by atoms with Crippen molar-refractivity contribution in [3.63, 3.8) is 0 Å². The van der Waals surface area contributed by atoms with E-state index in [9.17, 15) is 0 Å². The summed E-state index contributed by atoms with van der Waals surface area (Å²) in [6, 6.07) is 4.24. The van der Waals surface area contributed by atoms with E-state index in [0.29, 0.717) is 5.92 Å². The van der Waals surface area contributed by atoms with Gasteiger partial charge in [0, 0.05) is 17.5 Å². The second-order valence-electron chi connectivity index (χ2n) is 5.71. The third kappa shape index (κ3) is 1.37. The van der Waals surface area contributed by atoms with Gasteiger partial charge in [-0.2, -0.15) is 0 Å². The normalized spacial score (nSPS) is 32.3. The zero-order valence-corrected chi connectivity index (χ0v) is 10.6. The Kier molecular flexibility index (Phi) is 1.73. The molecule has 1 heterocycles. The fourth-order valence-electron chi connectivity index (χ4n) is 2.82. The van der Waals surface area contributed by atoms with Gasteiger partial charge in [-0.05, 0) is 44.5 Å². The number of rotatable bonds is 2. The zero-order valence-electron chi connectivity index (χ0n) is 9.58. The summed E-state index contributed by atoms with van der Waals surface area (Å²) < 4.78 is 6.39. The van der Waals surface area contributed by atoms with E-state index in [2.05, 4.69) is 30.7 Å². The lowest BCUT2D eigenvalue weighted by Crippen LogP contribution is -2.32. The van der Waals surface area contributed by atoms with Crippen molar-refractivity contribution in [3.8, 4) is 0 Å². The summed E-state index contributed by atoms with van der Waals surface area (Å²) >= 11 is 0. The van der Waals surface area contributed by atoms with Crippen LogP contribution in [0.15, 0.2) is 18.3 Å².